The fraction of sp³-hybridized carbons (Fsp3) is 0.714. The molecule has 2 aliphatic heterocycles. The first-order valence-corrected chi connectivity index (χ1v) is 10.8. The highest BCUT2D eigenvalue weighted by atomic mass is 19.4. The number of halogens is 3. The van der Waals surface area contributed by atoms with E-state index in [9.17, 15) is 18.0 Å². The Morgan fingerprint density at radius 1 is 1.22 bits per heavy atom. The van der Waals surface area contributed by atoms with Gasteiger partial charge in [-0.25, -0.2) is 4.79 Å². The quantitative estimate of drug-likeness (QED) is 0.725. The zero-order chi connectivity index (χ0) is 23.4. The molecule has 1 aromatic rings. The van der Waals surface area contributed by atoms with Gasteiger partial charge in [-0.05, 0) is 50.7 Å². The molecular weight excluding hydrogens is 429 g/mol. The van der Waals surface area contributed by atoms with Gasteiger partial charge in [-0.1, -0.05) is 6.42 Å². The van der Waals surface area contributed by atoms with Gasteiger partial charge in [0.25, 0.3) is 0 Å². The van der Waals surface area contributed by atoms with Crippen molar-refractivity contribution in [1.82, 2.24) is 15.1 Å². The first-order chi connectivity index (χ1) is 15.1. The van der Waals surface area contributed by atoms with E-state index in [0.29, 0.717) is 12.5 Å². The maximum Gasteiger partial charge on any atom is 0.490 e. The Morgan fingerprint density at radius 3 is 2.50 bits per heavy atom. The molecule has 4 rings (SSSR count). The molecule has 3 aliphatic rings. The fourth-order valence-corrected chi connectivity index (χ4v) is 4.78. The van der Waals surface area contributed by atoms with Crippen molar-refractivity contribution in [3.05, 3.63) is 17.8 Å². The molecule has 0 bridgehead atoms. The minimum absolute atomic E-state index is 0.155. The van der Waals surface area contributed by atoms with Crippen molar-refractivity contribution >= 4 is 17.7 Å². The summed E-state index contributed by atoms with van der Waals surface area (Å²) in [5, 5.41) is 15.7. The maximum atomic E-state index is 12.2. The third-order valence-electron chi connectivity index (χ3n) is 6.46. The number of aryl methyl sites for hydroxylation is 1. The topological polar surface area (TPSA) is 95.9 Å². The fourth-order valence-electron chi connectivity index (χ4n) is 4.78. The van der Waals surface area contributed by atoms with Crippen LogP contribution in [0, 0.1) is 18.3 Å². The number of hydrogen-bond acceptors (Lipinski definition) is 6. The van der Waals surface area contributed by atoms with Gasteiger partial charge in [-0.2, -0.15) is 18.3 Å². The number of ether oxygens (including phenoxy) is 1. The van der Waals surface area contributed by atoms with Crippen molar-refractivity contribution < 1.29 is 32.6 Å². The van der Waals surface area contributed by atoms with E-state index in [2.05, 4.69) is 21.2 Å². The smallest absolute Gasteiger partial charge is 0.475 e. The predicted octanol–water partition coefficient (Wildman–Crippen LogP) is 2.66. The molecule has 2 atom stereocenters. The number of anilines is 1. The largest absolute Gasteiger partial charge is 0.490 e. The zero-order valence-electron chi connectivity index (χ0n) is 18.1. The van der Waals surface area contributed by atoms with Crippen LogP contribution in [0.1, 0.15) is 37.8 Å². The Labute approximate surface area is 184 Å². The first kappa shape index (κ1) is 24.2. The molecule has 1 aromatic heterocycles. The molecule has 11 heteroatoms. The van der Waals surface area contributed by atoms with Crippen LogP contribution in [0.15, 0.2) is 12.1 Å². The van der Waals surface area contributed by atoms with Crippen LogP contribution in [0.25, 0.3) is 0 Å². The van der Waals surface area contributed by atoms with Crippen molar-refractivity contribution in [3.63, 3.8) is 0 Å². The molecule has 0 aromatic carbocycles. The lowest BCUT2D eigenvalue weighted by atomic mass is 9.82. The van der Waals surface area contributed by atoms with Gasteiger partial charge in [-0.15, -0.1) is 5.10 Å². The van der Waals surface area contributed by atoms with Crippen molar-refractivity contribution in [2.24, 2.45) is 11.3 Å². The number of carboxylic acid groups (broad SMARTS) is 1. The Bertz CT molecular complexity index is 799. The highest BCUT2D eigenvalue weighted by molar-refractivity contribution is 5.77. The third-order valence-corrected chi connectivity index (χ3v) is 6.46. The highest BCUT2D eigenvalue weighted by Gasteiger charge is 2.50. The summed E-state index contributed by atoms with van der Waals surface area (Å²) < 4.78 is 37.7. The number of carbonyl (C=O) groups excluding carboxylic acids is 1. The summed E-state index contributed by atoms with van der Waals surface area (Å²) in [6.07, 6.45) is 0.876. The third kappa shape index (κ3) is 5.87. The van der Waals surface area contributed by atoms with Gasteiger partial charge < -0.3 is 19.6 Å². The lowest BCUT2D eigenvalue weighted by Gasteiger charge is -2.29. The maximum absolute atomic E-state index is 12.2. The van der Waals surface area contributed by atoms with Crippen LogP contribution in [0.5, 0.6) is 0 Å². The molecule has 1 aliphatic carbocycles. The Kier molecular flexibility index (Phi) is 7.58. The van der Waals surface area contributed by atoms with E-state index in [0.717, 1.165) is 50.5 Å². The summed E-state index contributed by atoms with van der Waals surface area (Å²) in [5.41, 5.74) is 1.12. The van der Waals surface area contributed by atoms with Gasteiger partial charge >= 0.3 is 12.1 Å². The Morgan fingerprint density at radius 2 is 1.91 bits per heavy atom. The van der Waals surface area contributed by atoms with E-state index in [-0.39, 0.29) is 17.9 Å². The van der Waals surface area contributed by atoms with Crippen molar-refractivity contribution in [2.75, 3.05) is 44.3 Å². The van der Waals surface area contributed by atoms with E-state index in [4.69, 9.17) is 14.6 Å². The average molecular weight is 458 g/mol. The van der Waals surface area contributed by atoms with Gasteiger partial charge in [0.1, 0.15) is 6.61 Å². The number of aromatic nitrogens is 2. The Hall–Kier alpha value is -2.43. The lowest BCUT2D eigenvalue weighted by molar-refractivity contribution is -0.192. The van der Waals surface area contributed by atoms with Crippen LogP contribution in [-0.2, 0) is 14.3 Å². The van der Waals surface area contributed by atoms with Crippen LogP contribution in [0.4, 0.5) is 19.0 Å². The van der Waals surface area contributed by atoms with E-state index >= 15 is 0 Å². The summed E-state index contributed by atoms with van der Waals surface area (Å²) in [7, 11) is 0. The lowest BCUT2D eigenvalue weighted by Crippen LogP contribution is -2.36. The van der Waals surface area contributed by atoms with Crippen LogP contribution in [0.2, 0.25) is 0 Å². The molecule has 1 N–H and O–H groups in total. The van der Waals surface area contributed by atoms with Crippen molar-refractivity contribution in [1.29, 1.82) is 0 Å². The van der Waals surface area contributed by atoms with Crippen molar-refractivity contribution in [3.8, 4) is 0 Å². The van der Waals surface area contributed by atoms with Crippen LogP contribution >= 0.6 is 0 Å². The molecule has 32 heavy (non-hydrogen) atoms. The number of hydrogen-bond donors (Lipinski definition) is 1. The van der Waals surface area contributed by atoms with E-state index in [1.807, 2.05) is 17.9 Å². The standard InChI is InChI=1S/C19H28N4O2.C2HF3O2/c1-15-6-7-17(21-20-15)23-11-16-5-4-8-19(16,13-23)14-25-12-18(24)22-9-2-3-10-22;3-2(4,5)1(6)7/h6-7,16H,2-5,8-14H2,1H3;(H,6,7)/t16-,19+;/m1./s1. The summed E-state index contributed by atoms with van der Waals surface area (Å²) in [5.74, 6) is -1.000. The van der Waals surface area contributed by atoms with Gasteiger partial charge in [-0.3, -0.25) is 4.79 Å². The summed E-state index contributed by atoms with van der Waals surface area (Å²) in [6.45, 7) is 6.67. The monoisotopic (exact) mass is 458 g/mol. The number of amides is 1. The van der Waals surface area contributed by atoms with E-state index in [1.165, 1.54) is 19.3 Å². The normalized spacial score (nSPS) is 24.8. The second-order valence-electron chi connectivity index (χ2n) is 8.75. The number of carboxylic acids is 1. The van der Waals surface area contributed by atoms with Crippen LogP contribution in [0.3, 0.4) is 0 Å². The molecular formula is C21H29F3N4O4. The minimum Gasteiger partial charge on any atom is -0.475 e. The molecule has 1 saturated carbocycles. The molecule has 0 radical (unpaired) electrons. The molecule has 1 amide bonds. The second kappa shape index (κ2) is 10.0. The molecule has 8 nitrogen and oxygen atoms in total. The van der Waals surface area contributed by atoms with Crippen LogP contribution in [-0.4, -0.2) is 77.6 Å². The predicted molar refractivity (Wildman–Crippen MR) is 109 cm³/mol. The summed E-state index contributed by atoms with van der Waals surface area (Å²) >= 11 is 0. The van der Waals surface area contributed by atoms with Gasteiger partial charge in [0.2, 0.25) is 5.91 Å². The van der Waals surface area contributed by atoms with Crippen LogP contribution < -0.4 is 4.90 Å². The number of fused-ring (bicyclic) bond motifs is 1. The number of likely N-dealkylation sites (tertiary alicyclic amines) is 1. The van der Waals surface area contributed by atoms with E-state index in [1.54, 1.807) is 0 Å². The SMILES string of the molecule is Cc1ccc(N2C[C@H]3CCC[C@@]3(COCC(=O)N3CCCC3)C2)nn1.O=C(O)C(F)(F)F. The molecule has 3 fully saturated rings. The molecule has 178 valence electrons. The number of nitrogens with zero attached hydrogens (tertiary/aromatic N) is 4. The second-order valence-corrected chi connectivity index (χ2v) is 8.75. The summed E-state index contributed by atoms with van der Waals surface area (Å²) in [6, 6.07) is 4.09. The number of alkyl halides is 3. The number of rotatable bonds is 5. The van der Waals surface area contributed by atoms with Gasteiger partial charge in [0, 0.05) is 31.6 Å². The van der Waals surface area contributed by atoms with Gasteiger partial charge in [0.05, 0.1) is 12.3 Å². The zero-order valence-corrected chi connectivity index (χ0v) is 18.1. The first-order valence-electron chi connectivity index (χ1n) is 10.8. The van der Waals surface area contributed by atoms with E-state index < -0.39 is 12.1 Å². The molecule has 0 unspecified atom stereocenters. The highest BCUT2D eigenvalue weighted by Crippen LogP contribution is 2.49. The number of aliphatic carboxylic acids is 1. The van der Waals surface area contributed by atoms with Crippen molar-refractivity contribution in [2.45, 2.75) is 45.2 Å². The molecule has 2 saturated heterocycles. The Balaban J connectivity index is 0.000000360. The molecule has 0 spiro atoms. The summed E-state index contributed by atoms with van der Waals surface area (Å²) in [4.78, 5) is 25.4. The molecule has 3 heterocycles. The average Bonchev–Trinajstić information content (AvgIpc) is 3.44. The number of carbonyl (C=O) groups is 2. The van der Waals surface area contributed by atoms with Gasteiger partial charge in [0.15, 0.2) is 5.82 Å². The minimum atomic E-state index is -5.08.